The number of benzene rings is 1. The van der Waals surface area contributed by atoms with Crippen LogP contribution in [0, 0.1) is 0 Å². The molecule has 0 radical (unpaired) electrons. The highest BCUT2D eigenvalue weighted by atomic mass is 32.1. The number of anilines is 1. The molecule has 1 aromatic carbocycles. The molecule has 1 saturated heterocycles. The molecule has 1 aliphatic rings. The summed E-state index contributed by atoms with van der Waals surface area (Å²) in [5, 5.41) is 0. The molecule has 3 heterocycles. The van der Waals surface area contributed by atoms with Crippen LogP contribution in [0.25, 0.3) is 23.2 Å². The fraction of sp³-hybridized carbons (Fsp3) is 0.278. The van der Waals surface area contributed by atoms with Crippen molar-refractivity contribution in [3.63, 3.8) is 0 Å². The molecule has 0 saturated carbocycles. The van der Waals surface area contributed by atoms with Crippen LogP contribution in [0.3, 0.4) is 0 Å². The van der Waals surface area contributed by atoms with Crippen LogP contribution in [0.1, 0.15) is 30.4 Å². The van der Waals surface area contributed by atoms with Gasteiger partial charge < -0.3 is 4.90 Å². The molecule has 4 nitrogen and oxygen atoms in total. The van der Waals surface area contributed by atoms with E-state index in [0.717, 1.165) is 35.2 Å². The summed E-state index contributed by atoms with van der Waals surface area (Å²) in [6.45, 7) is 2.25. The lowest BCUT2D eigenvalue weighted by Crippen LogP contribution is -2.29. The molecule has 23 heavy (non-hydrogen) atoms. The highest BCUT2D eigenvalue weighted by Gasteiger charge is 2.16. The van der Waals surface area contributed by atoms with Gasteiger partial charge in [-0.1, -0.05) is 18.2 Å². The van der Waals surface area contributed by atoms with E-state index in [1.54, 1.807) is 12.4 Å². The van der Waals surface area contributed by atoms with Gasteiger partial charge in [0.2, 0.25) is 0 Å². The summed E-state index contributed by atoms with van der Waals surface area (Å²) >= 11 is 1.30. The molecule has 116 valence electrons. The van der Waals surface area contributed by atoms with Crippen LogP contribution in [0.15, 0.2) is 36.7 Å². The second kappa shape index (κ2) is 6.46. The molecular weight excluding hydrogens is 304 g/mol. The van der Waals surface area contributed by atoms with Gasteiger partial charge in [0.25, 0.3) is 0 Å². The third kappa shape index (κ3) is 2.97. The van der Waals surface area contributed by atoms with Crippen molar-refractivity contribution in [1.29, 1.82) is 0 Å². The molecule has 0 amide bonds. The Morgan fingerprint density at radius 1 is 0.870 bits per heavy atom. The standard InChI is InChI=1S/C18H18N4S/c1-2-12-22(13-3-1)16-7-6-15(17-18(16)21-23-20-17)5-4-14-8-10-19-11-9-14/h4-11H,1-3,12-13H2/b5-4+. The van der Waals surface area contributed by atoms with Crippen LogP contribution in [0.2, 0.25) is 0 Å². The Labute approximate surface area is 139 Å². The minimum absolute atomic E-state index is 1.00. The number of hydrogen-bond donors (Lipinski definition) is 0. The van der Waals surface area contributed by atoms with E-state index < -0.39 is 0 Å². The van der Waals surface area contributed by atoms with Crippen molar-refractivity contribution in [1.82, 2.24) is 13.7 Å². The Morgan fingerprint density at radius 2 is 1.65 bits per heavy atom. The summed E-state index contributed by atoms with van der Waals surface area (Å²) in [6.07, 6.45) is 11.7. The van der Waals surface area contributed by atoms with E-state index in [-0.39, 0.29) is 0 Å². The normalized spacial score (nSPS) is 15.6. The predicted octanol–water partition coefficient (Wildman–Crippen LogP) is 4.25. The second-order valence-corrected chi connectivity index (χ2v) is 6.33. The fourth-order valence-corrected chi connectivity index (χ4v) is 3.63. The highest BCUT2D eigenvalue weighted by molar-refractivity contribution is 7.00. The van der Waals surface area contributed by atoms with E-state index in [1.807, 2.05) is 12.1 Å². The maximum absolute atomic E-state index is 4.55. The van der Waals surface area contributed by atoms with Gasteiger partial charge in [-0.25, -0.2) is 0 Å². The van der Waals surface area contributed by atoms with Gasteiger partial charge in [0, 0.05) is 31.0 Å². The average Bonchev–Trinajstić information content (AvgIpc) is 3.11. The molecule has 1 fully saturated rings. The zero-order valence-corrected chi connectivity index (χ0v) is 13.7. The SMILES string of the molecule is C(=C\c1ccc(N2CCCCC2)c2nsnc12)/c1ccncc1. The summed E-state index contributed by atoms with van der Waals surface area (Å²) in [5.41, 5.74) is 5.52. The summed E-state index contributed by atoms with van der Waals surface area (Å²) < 4.78 is 9.08. The molecule has 3 aromatic rings. The lowest BCUT2D eigenvalue weighted by atomic mass is 10.1. The van der Waals surface area contributed by atoms with Gasteiger partial charge >= 0.3 is 0 Å². The first kappa shape index (κ1) is 14.3. The van der Waals surface area contributed by atoms with Crippen LogP contribution < -0.4 is 4.90 Å². The molecule has 1 aliphatic heterocycles. The average molecular weight is 322 g/mol. The number of hydrogen-bond acceptors (Lipinski definition) is 5. The first-order chi connectivity index (χ1) is 11.4. The van der Waals surface area contributed by atoms with E-state index in [0.29, 0.717) is 0 Å². The van der Waals surface area contributed by atoms with Crippen LogP contribution in [-0.4, -0.2) is 26.8 Å². The molecule has 0 bridgehead atoms. The summed E-state index contributed by atoms with van der Waals surface area (Å²) in [6, 6.07) is 8.34. The molecular formula is C18H18N4S. The van der Waals surface area contributed by atoms with Gasteiger partial charge in [-0.05, 0) is 43.0 Å². The Morgan fingerprint density at radius 3 is 2.48 bits per heavy atom. The third-order valence-electron chi connectivity index (χ3n) is 4.28. The van der Waals surface area contributed by atoms with Gasteiger partial charge in [0.1, 0.15) is 11.0 Å². The van der Waals surface area contributed by atoms with Crippen molar-refractivity contribution in [2.24, 2.45) is 0 Å². The third-order valence-corrected chi connectivity index (χ3v) is 4.81. The minimum Gasteiger partial charge on any atom is -0.370 e. The van der Waals surface area contributed by atoms with Crippen molar-refractivity contribution in [2.45, 2.75) is 19.3 Å². The van der Waals surface area contributed by atoms with Gasteiger partial charge in [-0.3, -0.25) is 4.98 Å². The zero-order chi connectivity index (χ0) is 15.5. The van der Waals surface area contributed by atoms with Crippen molar-refractivity contribution < 1.29 is 0 Å². The maximum Gasteiger partial charge on any atom is 0.128 e. The van der Waals surface area contributed by atoms with Crippen molar-refractivity contribution in [3.8, 4) is 0 Å². The van der Waals surface area contributed by atoms with Gasteiger partial charge in [0.05, 0.1) is 17.4 Å². The predicted molar refractivity (Wildman–Crippen MR) is 96.6 cm³/mol. The molecule has 0 atom stereocenters. The van der Waals surface area contributed by atoms with Crippen molar-refractivity contribution >= 4 is 40.6 Å². The Balaban J connectivity index is 1.69. The molecule has 0 spiro atoms. The lowest BCUT2D eigenvalue weighted by Gasteiger charge is -2.28. The van der Waals surface area contributed by atoms with Crippen LogP contribution in [-0.2, 0) is 0 Å². The number of piperidine rings is 1. The van der Waals surface area contributed by atoms with E-state index in [9.17, 15) is 0 Å². The number of aromatic nitrogens is 3. The Bertz CT molecular complexity index is 819. The quantitative estimate of drug-likeness (QED) is 0.723. The number of rotatable bonds is 3. The zero-order valence-electron chi connectivity index (χ0n) is 12.9. The van der Waals surface area contributed by atoms with E-state index in [2.05, 4.69) is 42.9 Å². The summed E-state index contributed by atoms with van der Waals surface area (Å²) in [7, 11) is 0. The molecule has 5 heteroatoms. The molecule has 4 rings (SSSR count). The first-order valence-electron chi connectivity index (χ1n) is 8.00. The minimum atomic E-state index is 1.00. The van der Waals surface area contributed by atoms with Gasteiger partial charge in [0.15, 0.2) is 0 Å². The van der Waals surface area contributed by atoms with Crippen molar-refractivity contribution in [3.05, 3.63) is 47.8 Å². The molecule has 0 aliphatic carbocycles. The lowest BCUT2D eigenvalue weighted by molar-refractivity contribution is 0.579. The first-order valence-corrected chi connectivity index (χ1v) is 8.73. The smallest absolute Gasteiger partial charge is 0.128 e. The van der Waals surface area contributed by atoms with Gasteiger partial charge in [-0.15, -0.1) is 0 Å². The summed E-state index contributed by atoms with van der Waals surface area (Å²) in [5.74, 6) is 0. The molecule has 0 unspecified atom stereocenters. The van der Waals surface area contributed by atoms with Gasteiger partial charge in [-0.2, -0.15) is 8.75 Å². The number of pyridine rings is 1. The second-order valence-electron chi connectivity index (χ2n) is 5.80. The maximum atomic E-state index is 4.55. The van der Waals surface area contributed by atoms with Crippen LogP contribution >= 0.6 is 11.7 Å². The number of fused-ring (bicyclic) bond motifs is 1. The number of nitrogens with zero attached hydrogens (tertiary/aromatic N) is 4. The molecule has 0 N–H and O–H groups in total. The highest BCUT2D eigenvalue weighted by Crippen LogP contribution is 2.30. The summed E-state index contributed by atoms with van der Waals surface area (Å²) in [4.78, 5) is 6.49. The van der Waals surface area contributed by atoms with Crippen molar-refractivity contribution in [2.75, 3.05) is 18.0 Å². The van der Waals surface area contributed by atoms with Crippen LogP contribution in [0.4, 0.5) is 5.69 Å². The molecule has 2 aromatic heterocycles. The largest absolute Gasteiger partial charge is 0.370 e. The Kier molecular flexibility index (Phi) is 4.03. The fourth-order valence-electron chi connectivity index (χ4n) is 3.06. The van der Waals surface area contributed by atoms with E-state index in [4.69, 9.17) is 0 Å². The topological polar surface area (TPSA) is 41.9 Å². The monoisotopic (exact) mass is 322 g/mol. The van der Waals surface area contributed by atoms with E-state index >= 15 is 0 Å². The van der Waals surface area contributed by atoms with E-state index in [1.165, 1.54) is 36.7 Å². The Hall–Kier alpha value is -2.27. The van der Waals surface area contributed by atoms with Crippen LogP contribution in [0.5, 0.6) is 0 Å².